The van der Waals surface area contributed by atoms with Gasteiger partial charge in [0.2, 0.25) is 11.8 Å². The lowest BCUT2D eigenvalue weighted by Gasteiger charge is -2.38. The van der Waals surface area contributed by atoms with Crippen LogP contribution in [0.4, 0.5) is 16.2 Å². The summed E-state index contributed by atoms with van der Waals surface area (Å²) in [6.45, 7) is 15.6. The van der Waals surface area contributed by atoms with Crippen molar-refractivity contribution in [3.05, 3.63) is 282 Å². The van der Waals surface area contributed by atoms with Gasteiger partial charge in [-0.15, -0.1) is 0 Å². The van der Waals surface area contributed by atoms with Crippen molar-refractivity contribution in [2.24, 2.45) is 16.8 Å². The maximum Gasteiger partial charge on any atom is 0.410 e. The summed E-state index contributed by atoms with van der Waals surface area (Å²) in [6.07, 6.45) is 8.15. The molecule has 0 bridgehead atoms. The predicted molar refractivity (Wildman–Crippen MR) is 379 cm³/mol. The highest BCUT2D eigenvalue weighted by atomic mass is 28.3. The molecule has 13 rings (SSSR count). The molecule has 3 N–H and O–H groups in total. The van der Waals surface area contributed by atoms with Crippen LogP contribution < -0.4 is 16.0 Å². The zero-order valence-corrected chi connectivity index (χ0v) is 55.4. The molecule has 0 aliphatic carbocycles. The summed E-state index contributed by atoms with van der Waals surface area (Å²) >= 11 is 0. The van der Waals surface area contributed by atoms with Crippen LogP contribution in [0.25, 0.3) is 22.2 Å². The SMILES string of the molecule is CC(C)(C)OC(=O)N1CC(C(=O)Nc2ccc3c(c2)c(-c2ccncc2)nn3C(c2ccccc2)(c2ccccc2)c2ccccc2)CC(c2ccccc2)C1.CC[SiH](CC)CC.O=C(Nc1ccc2c(c1)C(c1ccncc1)=NC2)C1CNCC(c2ccccc2)C1. The zero-order valence-electron chi connectivity index (χ0n) is 54.3. The summed E-state index contributed by atoms with van der Waals surface area (Å²) < 4.78 is 7.91. The number of nitrogens with one attached hydrogen (secondary N) is 3. The summed E-state index contributed by atoms with van der Waals surface area (Å²) in [5.41, 5.74) is 12.4. The summed E-state index contributed by atoms with van der Waals surface area (Å²) in [7, 11) is -0.171. The highest BCUT2D eigenvalue weighted by Gasteiger charge is 2.42. The molecule has 10 aromatic rings. The Morgan fingerprint density at radius 2 is 1.05 bits per heavy atom. The van der Waals surface area contributed by atoms with Crippen molar-refractivity contribution in [2.75, 3.05) is 36.8 Å². The number of aromatic nitrogens is 4. The van der Waals surface area contributed by atoms with Crippen molar-refractivity contribution in [3.63, 3.8) is 0 Å². The number of carbonyl (C=O) groups excluding carboxylic acids is 3. The number of likely N-dealkylation sites (tertiary alicyclic amines) is 1. The Morgan fingerprint density at radius 1 is 0.559 bits per heavy atom. The normalized spacial score (nSPS) is 17.0. The number of ether oxygens (including phenoxy) is 1. The standard InChI is InChI=1S/C48H45N5O3.C25H24N4O.C6H16Si/c1-47(2,3)56-46(55)52-32-36(34-16-8-4-9-17-34)30-37(33-52)45(54)50-41-24-25-43-42(31-41)44(35-26-28-49-29-27-35)51-53(43)48(38-18-10-5-11-19-38,39-20-12-6-13-21-39)40-22-14-7-15-23-40;30-25(21-12-20(14-27-15-21)17-4-2-1-3-5-17)29-22-7-6-19-16-28-24(23(19)13-22)18-8-10-26-11-9-18;1-4-7(5-2)6-3/h4-29,31,36-37H,30,32-33H2,1-3H3,(H,50,54);1-11,13,20-21,27H,12,14-16H2,(H,29,30);7H,4-6H2,1-3H3. The average Bonchev–Trinajstić information content (AvgIpc) is 1.66. The lowest BCUT2D eigenvalue weighted by Crippen LogP contribution is -2.48. The highest BCUT2D eigenvalue weighted by Crippen LogP contribution is 2.45. The molecule has 2 saturated heterocycles. The predicted octanol–water partition coefficient (Wildman–Crippen LogP) is 16.0. The van der Waals surface area contributed by atoms with Gasteiger partial charge in [0, 0.05) is 99.1 Å². The van der Waals surface area contributed by atoms with E-state index in [2.05, 4.69) is 167 Å². The smallest absolute Gasteiger partial charge is 0.410 e. The molecule has 474 valence electrons. The second-order valence-corrected chi connectivity index (χ2v) is 29.7. The minimum atomic E-state index is -0.849. The topological polar surface area (TPSA) is 156 Å². The fourth-order valence-corrected chi connectivity index (χ4v) is 15.0. The van der Waals surface area contributed by atoms with Crippen LogP contribution in [0.3, 0.4) is 0 Å². The molecular formula is C79H85N9O4Si. The van der Waals surface area contributed by atoms with E-state index >= 15 is 0 Å². The lowest BCUT2D eigenvalue weighted by molar-refractivity contribution is -0.122. The van der Waals surface area contributed by atoms with Gasteiger partial charge in [-0.3, -0.25) is 24.5 Å². The summed E-state index contributed by atoms with van der Waals surface area (Å²) in [4.78, 5) is 55.4. The first-order chi connectivity index (χ1) is 45.3. The molecule has 0 saturated carbocycles. The number of fused-ring (bicyclic) bond motifs is 2. The van der Waals surface area contributed by atoms with E-state index in [1.165, 1.54) is 29.3 Å². The molecule has 4 unspecified atom stereocenters. The number of aliphatic imine (C=N–C) groups is 1. The number of piperidine rings is 2. The molecule has 0 spiro atoms. The van der Waals surface area contributed by atoms with Crippen LogP contribution in [-0.2, 0) is 26.4 Å². The van der Waals surface area contributed by atoms with Gasteiger partial charge >= 0.3 is 6.09 Å². The molecule has 0 radical (unpaired) electrons. The van der Waals surface area contributed by atoms with E-state index < -0.39 is 23.2 Å². The van der Waals surface area contributed by atoms with Crippen LogP contribution in [0, 0.1) is 11.8 Å². The first kappa shape index (κ1) is 64.9. The second-order valence-electron chi connectivity index (χ2n) is 25.5. The first-order valence-electron chi connectivity index (χ1n) is 32.9. The minimum absolute atomic E-state index is 0.0192. The molecular weight excluding hydrogens is 1170 g/mol. The average molecular weight is 1250 g/mol. The number of carbonyl (C=O) groups is 3. The van der Waals surface area contributed by atoms with Crippen LogP contribution in [-0.4, -0.2) is 88.8 Å². The van der Waals surface area contributed by atoms with E-state index in [0.29, 0.717) is 37.7 Å². The lowest BCUT2D eigenvalue weighted by atomic mass is 9.77. The number of anilines is 2. The third kappa shape index (κ3) is 15.3. The van der Waals surface area contributed by atoms with E-state index in [4.69, 9.17) is 14.8 Å². The maximum absolute atomic E-state index is 14.3. The number of hydrogen-bond acceptors (Lipinski definition) is 9. The van der Waals surface area contributed by atoms with Crippen molar-refractivity contribution in [1.82, 2.24) is 30.0 Å². The third-order valence-corrected chi connectivity index (χ3v) is 21.7. The molecule has 7 aromatic carbocycles. The van der Waals surface area contributed by atoms with Crippen molar-refractivity contribution in [2.45, 2.75) is 102 Å². The number of pyridine rings is 2. The largest absolute Gasteiger partial charge is 0.444 e. The van der Waals surface area contributed by atoms with Gasteiger partial charge in [-0.25, -0.2) is 9.48 Å². The van der Waals surface area contributed by atoms with Gasteiger partial charge in [0.1, 0.15) is 16.8 Å². The van der Waals surface area contributed by atoms with Crippen LogP contribution in [0.5, 0.6) is 0 Å². The number of amides is 3. The van der Waals surface area contributed by atoms with Gasteiger partial charge in [-0.05, 0) is 128 Å². The minimum Gasteiger partial charge on any atom is -0.444 e. The van der Waals surface area contributed by atoms with E-state index in [1.807, 2.05) is 118 Å². The maximum atomic E-state index is 14.3. The third-order valence-electron chi connectivity index (χ3n) is 18.3. The Bertz CT molecular complexity index is 4010. The van der Waals surface area contributed by atoms with Gasteiger partial charge in [0.25, 0.3) is 0 Å². The number of nitrogens with zero attached hydrogens (tertiary/aromatic N) is 6. The van der Waals surface area contributed by atoms with E-state index in [-0.39, 0.29) is 39.0 Å². The van der Waals surface area contributed by atoms with Crippen molar-refractivity contribution in [1.29, 1.82) is 0 Å². The Balaban J connectivity index is 0.000000198. The molecule has 6 heterocycles. The summed E-state index contributed by atoms with van der Waals surface area (Å²) in [5.74, 6) is -0.241. The highest BCUT2D eigenvalue weighted by molar-refractivity contribution is 6.58. The molecule has 14 heteroatoms. The van der Waals surface area contributed by atoms with Crippen LogP contribution in [0.2, 0.25) is 18.1 Å². The summed E-state index contributed by atoms with van der Waals surface area (Å²) in [5, 5.41) is 16.2. The van der Waals surface area contributed by atoms with Crippen molar-refractivity contribution >= 4 is 54.7 Å². The number of hydrogen-bond donors (Lipinski definition) is 3. The first-order valence-corrected chi connectivity index (χ1v) is 35.4. The molecule has 3 amide bonds. The Hall–Kier alpha value is -9.63. The van der Waals surface area contributed by atoms with Crippen LogP contribution in [0.15, 0.2) is 242 Å². The van der Waals surface area contributed by atoms with Gasteiger partial charge in [-0.2, -0.15) is 5.10 Å². The Labute approximate surface area is 549 Å². The van der Waals surface area contributed by atoms with Crippen molar-refractivity contribution in [3.8, 4) is 11.3 Å². The quantitative estimate of drug-likeness (QED) is 0.0677. The van der Waals surface area contributed by atoms with Gasteiger partial charge in [0.05, 0.1) is 29.6 Å². The molecule has 13 nitrogen and oxygen atoms in total. The zero-order chi connectivity index (χ0) is 64.7. The fourth-order valence-electron chi connectivity index (χ4n) is 13.3. The van der Waals surface area contributed by atoms with E-state index in [0.717, 1.165) is 79.9 Å². The molecule has 4 atom stereocenters. The Kier molecular flexibility index (Phi) is 21.1. The number of benzene rings is 7. The van der Waals surface area contributed by atoms with E-state index in [1.54, 1.807) is 29.7 Å². The number of rotatable bonds is 15. The molecule has 2 fully saturated rings. The molecule has 93 heavy (non-hydrogen) atoms. The molecule has 3 aromatic heterocycles. The molecule has 3 aliphatic rings. The summed E-state index contributed by atoms with van der Waals surface area (Å²) in [6, 6.07) is 76.4. The van der Waals surface area contributed by atoms with Crippen LogP contribution >= 0.6 is 0 Å². The van der Waals surface area contributed by atoms with Gasteiger partial charge in [0.15, 0.2) is 0 Å². The van der Waals surface area contributed by atoms with Gasteiger partial charge < -0.3 is 25.6 Å². The monoisotopic (exact) mass is 1250 g/mol. The van der Waals surface area contributed by atoms with Crippen molar-refractivity contribution < 1.29 is 19.1 Å². The van der Waals surface area contributed by atoms with Gasteiger partial charge in [-0.1, -0.05) is 197 Å². The Morgan fingerprint density at radius 3 is 1.59 bits per heavy atom. The molecule has 3 aliphatic heterocycles. The second kappa shape index (κ2) is 30.2. The van der Waals surface area contributed by atoms with E-state index in [9.17, 15) is 14.4 Å². The van der Waals surface area contributed by atoms with Crippen LogP contribution in [0.1, 0.15) is 111 Å². The fraction of sp³-hybridized carbons (Fsp3) is 0.278.